The number of amides is 2. The summed E-state index contributed by atoms with van der Waals surface area (Å²) in [5, 5.41) is 11.7. The van der Waals surface area contributed by atoms with E-state index in [1.54, 1.807) is 12.1 Å². The SMILES string of the molecule is N#Cc1ccc(CNC(=O)N2CC(c3ccccc3)C3COCCC32)cc1F. The quantitative estimate of drug-likeness (QED) is 0.889. The lowest BCUT2D eigenvalue weighted by atomic mass is 9.84. The van der Waals surface area contributed by atoms with E-state index >= 15 is 0 Å². The highest BCUT2D eigenvalue weighted by Crippen LogP contribution is 2.40. The molecule has 2 fully saturated rings. The van der Waals surface area contributed by atoms with E-state index < -0.39 is 5.82 Å². The lowest BCUT2D eigenvalue weighted by Crippen LogP contribution is -2.46. The first-order valence-electron chi connectivity index (χ1n) is 9.53. The number of carbonyl (C=O) groups is 1. The zero-order chi connectivity index (χ0) is 19.5. The van der Waals surface area contributed by atoms with E-state index in [1.807, 2.05) is 23.1 Å². The molecular weight excluding hydrogens is 357 g/mol. The van der Waals surface area contributed by atoms with Crippen LogP contribution in [0, 0.1) is 23.1 Å². The molecule has 0 aliphatic carbocycles. The van der Waals surface area contributed by atoms with Gasteiger partial charge in [-0.3, -0.25) is 0 Å². The van der Waals surface area contributed by atoms with Gasteiger partial charge in [-0.2, -0.15) is 5.26 Å². The first-order chi connectivity index (χ1) is 13.7. The van der Waals surface area contributed by atoms with Gasteiger partial charge in [0.2, 0.25) is 0 Å². The number of halogens is 1. The molecule has 28 heavy (non-hydrogen) atoms. The van der Waals surface area contributed by atoms with Gasteiger partial charge < -0.3 is 15.0 Å². The van der Waals surface area contributed by atoms with Crippen molar-refractivity contribution < 1.29 is 13.9 Å². The molecule has 6 heteroatoms. The summed E-state index contributed by atoms with van der Waals surface area (Å²) < 4.78 is 19.5. The number of fused-ring (bicyclic) bond motifs is 1. The molecule has 2 heterocycles. The van der Waals surface area contributed by atoms with Crippen LogP contribution in [0.15, 0.2) is 48.5 Å². The van der Waals surface area contributed by atoms with E-state index in [0.717, 1.165) is 6.42 Å². The molecule has 2 saturated heterocycles. The maximum atomic E-state index is 13.8. The number of hydrogen-bond acceptors (Lipinski definition) is 3. The molecule has 2 aromatic rings. The van der Waals surface area contributed by atoms with Crippen molar-refractivity contribution in [1.82, 2.24) is 10.2 Å². The largest absolute Gasteiger partial charge is 0.381 e. The minimum atomic E-state index is -0.566. The predicted molar refractivity (Wildman–Crippen MR) is 102 cm³/mol. The highest BCUT2D eigenvalue weighted by atomic mass is 19.1. The number of hydrogen-bond donors (Lipinski definition) is 1. The lowest BCUT2D eigenvalue weighted by Gasteiger charge is -2.32. The molecule has 0 aromatic heterocycles. The number of carbonyl (C=O) groups excluding carboxylic acids is 1. The molecule has 5 nitrogen and oxygen atoms in total. The summed E-state index contributed by atoms with van der Waals surface area (Å²) in [6.07, 6.45) is 0.826. The highest BCUT2D eigenvalue weighted by molar-refractivity contribution is 5.75. The van der Waals surface area contributed by atoms with Crippen LogP contribution in [-0.4, -0.2) is 36.7 Å². The Balaban J connectivity index is 1.46. The van der Waals surface area contributed by atoms with Gasteiger partial charge in [-0.15, -0.1) is 0 Å². The molecule has 0 bridgehead atoms. The van der Waals surface area contributed by atoms with Crippen LogP contribution < -0.4 is 5.32 Å². The zero-order valence-electron chi connectivity index (χ0n) is 15.5. The maximum Gasteiger partial charge on any atom is 0.317 e. The van der Waals surface area contributed by atoms with Crippen molar-refractivity contribution in [1.29, 1.82) is 5.26 Å². The van der Waals surface area contributed by atoms with Gasteiger partial charge in [-0.1, -0.05) is 36.4 Å². The number of rotatable bonds is 3. The second kappa shape index (κ2) is 7.99. The molecular formula is C22H22FN3O2. The van der Waals surface area contributed by atoms with Crippen LogP contribution in [0.5, 0.6) is 0 Å². The van der Waals surface area contributed by atoms with Crippen molar-refractivity contribution in [3.63, 3.8) is 0 Å². The van der Waals surface area contributed by atoms with E-state index in [9.17, 15) is 9.18 Å². The van der Waals surface area contributed by atoms with Gasteiger partial charge in [0.05, 0.1) is 12.2 Å². The standard InChI is InChI=1S/C22H22FN3O2/c23-20-10-15(6-7-17(20)11-24)12-25-22(27)26-13-18(16-4-2-1-3-5-16)19-14-28-9-8-21(19)26/h1-7,10,18-19,21H,8-9,12-14H2,(H,25,27). The maximum absolute atomic E-state index is 13.8. The number of nitriles is 1. The van der Waals surface area contributed by atoms with Crippen LogP contribution in [-0.2, 0) is 11.3 Å². The van der Waals surface area contributed by atoms with Crippen LogP contribution in [0.3, 0.4) is 0 Å². The fourth-order valence-corrected chi connectivity index (χ4v) is 4.33. The Morgan fingerprint density at radius 1 is 1.29 bits per heavy atom. The molecule has 0 radical (unpaired) electrons. The Morgan fingerprint density at radius 3 is 2.86 bits per heavy atom. The second-order valence-electron chi connectivity index (χ2n) is 7.35. The molecule has 2 aliphatic heterocycles. The van der Waals surface area contributed by atoms with Crippen LogP contribution in [0.2, 0.25) is 0 Å². The Kier molecular flexibility index (Phi) is 5.27. The van der Waals surface area contributed by atoms with Gasteiger partial charge in [-0.05, 0) is 29.7 Å². The molecule has 144 valence electrons. The Morgan fingerprint density at radius 2 is 2.11 bits per heavy atom. The van der Waals surface area contributed by atoms with Crippen molar-refractivity contribution >= 4 is 6.03 Å². The van der Waals surface area contributed by atoms with Crippen LogP contribution >= 0.6 is 0 Å². The topological polar surface area (TPSA) is 65.4 Å². The van der Waals surface area contributed by atoms with E-state index in [0.29, 0.717) is 25.3 Å². The van der Waals surface area contributed by atoms with Crippen molar-refractivity contribution in [2.24, 2.45) is 5.92 Å². The van der Waals surface area contributed by atoms with Gasteiger partial charge in [0, 0.05) is 37.6 Å². The lowest BCUT2D eigenvalue weighted by molar-refractivity contribution is 0.0261. The Bertz CT molecular complexity index is 896. The summed E-state index contributed by atoms with van der Waals surface area (Å²) in [6.45, 7) is 2.19. The summed E-state index contributed by atoms with van der Waals surface area (Å²) in [5.74, 6) is -0.0251. The van der Waals surface area contributed by atoms with Gasteiger partial charge in [0.15, 0.2) is 0 Å². The summed E-state index contributed by atoms with van der Waals surface area (Å²) in [4.78, 5) is 14.8. The van der Waals surface area contributed by atoms with Gasteiger partial charge in [0.25, 0.3) is 0 Å². The summed E-state index contributed by atoms with van der Waals surface area (Å²) in [5.41, 5.74) is 1.87. The molecule has 0 saturated carbocycles. The minimum absolute atomic E-state index is 0.00497. The third kappa shape index (κ3) is 3.58. The first kappa shape index (κ1) is 18.5. The molecule has 3 atom stereocenters. The summed E-state index contributed by atoms with van der Waals surface area (Å²) in [7, 11) is 0. The van der Waals surface area contributed by atoms with Gasteiger partial charge in [0.1, 0.15) is 11.9 Å². The monoisotopic (exact) mass is 379 g/mol. The number of likely N-dealkylation sites (tertiary alicyclic amines) is 1. The third-order valence-corrected chi connectivity index (χ3v) is 5.76. The average Bonchev–Trinajstić information content (AvgIpc) is 3.12. The van der Waals surface area contributed by atoms with Crippen LogP contribution in [0.25, 0.3) is 0 Å². The van der Waals surface area contributed by atoms with E-state index in [1.165, 1.54) is 17.7 Å². The molecule has 2 aromatic carbocycles. The number of nitrogens with one attached hydrogen (secondary N) is 1. The van der Waals surface area contributed by atoms with Gasteiger partial charge in [-0.25, -0.2) is 9.18 Å². The highest BCUT2D eigenvalue weighted by Gasteiger charge is 2.45. The van der Waals surface area contributed by atoms with E-state index in [2.05, 4.69) is 17.4 Å². The average molecular weight is 379 g/mol. The fourth-order valence-electron chi connectivity index (χ4n) is 4.33. The molecule has 2 aliphatic rings. The molecule has 1 N–H and O–H groups in total. The molecule has 3 unspecified atom stereocenters. The van der Waals surface area contributed by atoms with Gasteiger partial charge >= 0.3 is 6.03 Å². The van der Waals surface area contributed by atoms with Crippen LogP contribution in [0.4, 0.5) is 9.18 Å². The summed E-state index contributed by atoms with van der Waals surface area (Å²) in [6, 6.07) is 16.5. The van der Waals surface area contributed by atoms with Crippen molar-refractivity contribution in [3.05, 3.63) is 71.0 Å². The number of benzene rings is 2. The van der Waals surface area contributed by atoms with Crippen molar-refractivity contribution in [2.75, 3.05) is 19.8 Å². The van der Waals surface area contributed by atoms with Crippen LogP contribution in [0.1, 0.15) is 29.0 Å². The molecule has 2 amide bonds. The fraction of sp³-hybridized carbons (Fsp3) is 0.364. The van der Waals surface area contributed by atoms with Crippen molar-refractivity contribution in [2.45, 2.75) is 24.9 Å². The third-order valence-electron chi connectivity index (χ3n) is 5.76. The minimum Gasteiger partial charge on any atom is -0.381 e. The normalized spacial score (nSPS) is 23.7. The van der Waals surface area contributed by atoms with Crippen molar-refractivity contribution in [3.8, 4) is 6.07 Å². The number of nitrogens with zero attached hydrogens (tertiary/aromatic N) is 2. The van der Waals surface area contributed by atoms with E-state index in [-0.39, 0.29) is 36.0 Å². The Labute approximate surface area is 163 Å². The number of ether oxygens (including phenoxy) is 1. The first-order valence-corrected chi connectivity index (χ1v) is 9.53. The predicted octanol–water partition coefficient (Wildman–Crippen LogP) is 3.41. The number of urea groups is 1. The smallest absolute Gasteiger partial charge is 0.317 e. The second-order valence-corrected chi connectivity index (χ2v) is 7.35. The Hall–Kier alpha value is -2.91. The summed E-state index contributed by atoms with van der Waals surface area (Å²) >= 11 is 0. The van der Waals surface area contributed by atoms with E-state index in [4.69, 9.17) is 10.00 Å². The molecule has 0 spiro atoms. The zero-order valence-corrected chi connectivity index (χ0v) is 15.5. The molecule has 4 rings (SSSR count).